The van der Waals surface area contributed by atoms with Crippen molar-refractivity contribution in [2.45, 2.75) is 32.5 Å². The van der Waals surface area contributed by atoms with Gasteiger partial charge in [0, 0.05) is 18.6 Å². The molecule has 3 aromatic rings. The first kappa shape index (κ1) is 21.3. The summed E-state index contributed by atoms with van der Waals surface area (Å²) in [5.74, 6) is -0.482. The van der Waals surface area contributed by atoms with Crippen LogP contribution >= 0.6 is 11.3 Å². The zero-order valence-corrected chi connectivity index (χ0v) is 17.1. The van der Waals surface area contributed by atoms with Gasteiger partial charge >= 0.3 is 11.7 Å². The van der Waals surface area contributed by atoms with Crippen LogP contribution in [-0.4, -0.2) is 16.0 Å². The third-order valence-corrected chi connectivity index (χ3v) is 5.27. The van der Waals surface area contributed by atoms with Gasteiger partial charge in [-0.2, -0.15) is 11.3 Å². The molecule has 0 spiro atoms. The number of benzene rings is 2. The summed E-state index contributed by atoms with van der Waals surface area (Å²) in [6.07, 6.45) is -0.591. The number of hydrogen-bond acceptors (Lipinski definition) is 6. The number of thiophene rings is 1. The van der Waals surface area contributed by atoms with Gasteiger partial charge in [0.2, 0.25) is 5.75 Å². The summed E-state index contributed by atoms with van der Waals surface area (Å²) in [5, 5.41) is 24.5. The Kier molecular flexibility index (Phi) is 7.03. The van der Waals surface area contributed by atoms with Crippen molar-refractivity contribution >= 4 is 23.0 Å². The van der Waals surface area contributed by atoms with Crippen LogP contribution in [-0.2, 0) is 11.4 Å². The number of nitrogens with zero attached hydrogens (tertiary/aromatic N) is 1. The summed E-state index contributed by atoms with van der Waals surface area (Å²) in [5.41, 5.74) is 2.50. The monoisotopic (exact) mass is 427 g/mol. The fraction of sp³-hybridized carbons (Fsp3) is 0.227. The summed E-state index contributed by atoms with van der Waals surface area (Å²) in [4.78, 5) is 22.1. The number of hydrogen-bond donors (Lipinski definition) is 1. The van der Waals surface area contributed by atoms with E-state index in [-0.39, 0.29) is 24.3 Å². The van der Waals surface area contributed by atoms with Crippen molar-refractivity contribution in [3.05, 3.63) is 86.1 Å². The molecule has 1 heterocycles. The topological polar surface area (TPSA) is 98.9 Å². The van der Waals surface area contributed by atoms with Crippen molar-refractivity contribution in [3.63, 3.8) is 0 Å². The number of carbonyl (C=O) groups is 1. The quantitative estimate of drug-likeness (QED) is 0.337. The Hall–Kier alpha value is -3.39. The predicted molar refractivity (Wildman–Crippen MR) is 113 cm³/mol. The average molecular weight is 427 g/mol. The molecule has 0 radical (unpaired) electrons. The van der Waals surface area contributed by atoms with E-state index in [0.29, 0.717) is 12.4 Å². The average Bonchev–Trinajstić information content (AvgIpc) is 3.23. The first-order chi connectivity index (χ1) is 14.4. The Morgan fingerprint density at radius 1 is 1.23 bits per heavy atom. The molecule has 2 aromatic carbocycles. The van der Waals surface area contributed by atoms with Gasteiger partial charge in [0.05, 0.1) is 4.92 Å². The van der Waals surface area contributed by atoms with Crippen LogP contribution in [0.25, 0.3) is 0 Å². The third-order valence-electron chi connectivity index (χ3n) is 4.54. The zero-order chi connectivity index (χ0) is 21.5. The maximum atomic E-state index is 11.5. The highest BCUT2D eigenvalue weighted by Gasteiger charge is 2.23. The van der Waals surface area contributed by atoms with Crippen LogP contribution in [0.5, 0.6) is 11.5 Å². The lowest BCUT2D eigenvalue weighted by molar-refractivity contribution is -0.386. The maximum Gasteiger partial charge on any atom is 0.311 e. The molecule has 0 bridgehead atoms. The van der Waals surface area contributed by atoms with Gasteiger partial charge < -0.3 is 14.6 Å². The molecule has 0 aliphatic rings. The van der Waals surface area contributed by atoms with Gasteiger partial charge in [0.15, 0.2) is 0 Å². The minimum absolute atomic E-state index is 0.0430. The summed E-state index contributed by atoms with van der Waals surface area (Å²) < 4.78 is 11.8. The molecule has 1 atom stereocenters. The Bertz CT molecular complexity index is 1020. The van der Waals surface area contributed by atoms with E-state index in [4.69, 9.17) is 14.6 Å². The lowest BCUT2D eigenvalue weighted by atomic mass is 9.99. The van der Waals surface area contributed by atoms with E-state index in [1.807, 2.05) is 48.0 Å². The number of ether oxygens (including phenoxy) is 2. The minimum atomic E-state index is -0.959. The lowest BCUT2D eigenvalue weighted by Crippen LogP contribution is -2.12. The molecule has 1 N–H and O–H groups in total. The Labute approximate surface area is 177 Å². The number of carboxylic acid groups (broad SMARTS) is 1. The first-order valence-corrected chi connectivity index (χ1v) is 10.2. The third kappa shape index (κ3) is 5.57. The standard InChI is InChI=1S/C22H21NO6S/c1-15-4-2-3-5-18(15)20(8-9-22(24)25)29-21-12-17(6-7-19(21)23(26)27)28-13-16-10-11-30-14-16/h2-7,10-12,14,20H,8-9,13H2,1H3,(H,24,25)/t20-/m1/s1. The van der Waals surface area contributed by atoms with Gasteiger partial charge in [-0.15, -0.1) is 0 Å². The second-order valence-corrected chi connectivity index (χ2v) is 7.48. The van der Waals surface area contributed by atoms with E-state index in [1.165, 1.54) is 18.2 Å². The number of nitro groups is 1. The molecule has 0 aliphatic carbocycles. The van der Waals surface area contributed by atoms with Gasteiger partial charge in [-0.1, -0.05) is 24.3 Å². The van der Waals surface area contributed by atoms with Crippen molar-refractivity contribution in [1.29, 1.82) is 0 Å². The van der Waals surface area contributed by atoms with Crippen molar-refractivity contribution in [2.75, 3.05) is 0 Å². The van der Waals surface area contributed by atoms with Crippen molar-refractivity contribution in [2.24, 2.45) is 0 Å². The van der Waals surface area contributed by atoms with E-state index < -0.39 is 17.0 Å². The minimum Gasteiger partial charge on any atom is -0.489 e. The SMILES string of the molecule is Cc1ccccc1[C@@H](CCC(=O)O)Oc1cc(OCc2ccsc2)ccc1[N+](=O)[O-]. The first-order valence-electron chi connectivity index (χ1n) is 9.30. The van der Waals surface area contributed by atoms with Gasteiger partial charge in [0.1, 0.15) is 18.5 Å². The highest BCUT2D eigenvalue weighted by atomic mass is 32.1. The largest absolute Gasteiger partial charge is 0.489 e. The number of carboxylic acids is 1. The molecule has 30 heavy (non-hydrogen) atoms. The Morgan fingerprint density at radius 3 is 2.70 bits per heavy atom. The summed E-state index contributed by atoms with van der Waals surface area (Å²) in [6, 6.07) is 13.7. The number of aryl methyl sites for hydroxylation is 1. The zero-order valence-electron chi connectivity index (χ0n) is 16.3. The van der Waals surface area contributed by atoms with E-state index >= 15 is 0 Å². The van der Waals surface area contributed by atoms with Gasteiger partial charge in [-0.3, -0.25) is 14.9 Å². The van der Waals surface area contributed by atoms with Crippen molar-refractivity contribution in [1.82, 2.24) is 0 Å². The lowest BCUT2D eigenvalue weighted by Gasteiger charge is -2.21. The fourth-order valence-corrected chi connectivity index (χ4v) is 3.66. The Morgan fingerprint density at radius 2 is 2.03 bits per heavy atom. The highest BCUT2D eigenvalue weighted by molar-refractivity contribution is 7.07. The summed E-state index contributed by atoms with van der Waals surface area (Å²) >= 11 is 1.56. The second kappa shape index (κ2) is 9.89. The summed E-state index contributed by atoms with van der Waals surface area (Å²) in [6.45, 7) is 2.22. The van der Waals surface area contributed by atoms with E-state index in [9.17, 15) is 14.9 Å². The molecule has 0 saturated heterocycles. The van der Waals surface area contributed by atoms with Crippen molar-refractivity contribution < 1.29 is 24.3 Å². The van der Waals surface area contributed by atoms with Crippen LogP contribution in [0.2, 0.25) is 0 Å². The van der Waals surface area contributed by atoms with Crippen LogP contribution in [0.4, 0.5) is 5.69 Å². The molecular formula is C22H21NO6S. The molecule has 0 unspecified atom stereocenters. The second-order valence-electron chi connectivity index (χ2n) is 6.70. The number of nitro benzene ring substituents is 1. The van der Waals surface area contributed by atoms with E-state index in [2.05, 4.69) is 0 Å². The fourth-order valence-electron chi connectivity index (χ4n) is 3.00. The normalized spacial score (nSPS) is 11.6. The predicted octanol–water partition coefficient (Wildman–Crippen LogP) is 5.53. The van der Waals surface area contributed by atoms with E-state index in [0.717, 1.165) is 16.7 Å². The van der Waals surface area contributed by atoms with Gasteiger partial charge in [-0.25, -0.2) is 0 Å². The molecule has 0 amide bonds. The van der Waals surface area contributed by atoms with Crippen molar-refractivity contribution in [3.8, 4) is 11.5 Å². The molecule has 156 valence electrons. The highest BCUT2D eigenvalue weighted by Crippen LogP contribution is 2.36. The molecule has 0 saturated carbocycles. The van der Waals surface area contributed by atoms with Crippen LogP contribution in [0.15, 0.2) is 59.3 Å². The molecule has 8 heteroatoms. The van der Waals surface area contributed by atoms with Gasteiger partial charge in [0.25, 0.3) is 0 Å². The van der Waals surface area contributed by atoms with E-state index in [1.54, 1.807) is 11.3 Å². The number of rotatable bonds is 10. The van der Waals surface area contributed by atoms with Crippen LogP contribution in [0.3, 0.4) is 0 Å². The Balaban J connectivity index is 1.88. The molecule has 0 fully saturated rings. The molecule has 3 rings (SSSR count). The van der Waals surface area contributed by atoms with Crippen LogP contribution in [0.1, 0.15) is 35.6 Å². The maximum absolute atomic E-state index is 11.5. The molecule has 1 aromatic heterocycles. The smallest absolute Gasteiger partial charge is 0.311 e. The molecule has 0 aliphatic heterocycles. The van der Waals surface area contributed by atoms with Gasteiger partial charge in [-0.05, 0) is 52.9 Å². The molecular weight excluding hydrogens is 406 g/mol. The number of aliphatic carboxylic acids is 1. The summed E-state index contributed by atoms with van der Waals surface area (Å²) in [7, 11) is 0. The van der Waals surface area contributed by atoms with Crippen LogP contribution in [0, 0.1) is 17.0 Å². The molecule has 7 nitrogen and oxygen atoms in total. The van der Waals surface area contributed by atoms with Crippen LogP contribution < -0.4 is 9.47 Å².